The van der Waals surface area contributed by atoms with Gasteiger partial charge >= 0.3 is 5.69 Å². The number of methoxy groups -OCH3 is 2. The Morgan fingerprint density at radius 2 is 1.52 bits per heavy atom. The van der Waals surface area contributed by atoms with Crippen molar-refractivity contribution in [3.05, 3.63) is 98.4 Å². The number of nitrogens with zero attached hydrogens (tertiary/aromatic N) is 2. The molecule has 0 saturated heterocycles. The van der Waals surface area contributed by atoms with Gasteiger partial charge in [-0.2, -0.15) is 0 Å². The molecule has 1 heterocycles. The molecule has 0 aliphatic carbocycles. The summed E-state index contributed by atoms with van der Waals surface area (Å²) in [6, 6.07) is 14.6. The van der Waals surface area contributed by atoms with Crippen molar-refractivity contribution in [2.75, 3.05) is 19.5 Å². The van der Waals surface area contributed by atoms with Gasteiger partial charge in [0.2, 0.25) is 5.91 Å². The van der Waals surface area contributed by atoms with Crippen molar-refractivity contribution in [1.29, 1.82) is 0 Å². The van der Waals surface area contributed by atoms with Gasteiger partial charge in [-0.15, -0.1) is 0 Å². The smallest absolute Gasteiger partial charge is 0.332 e. The van der Waals surface area contributed by atoms with E-state index in [1.165, 1.54) is 55.2 Å². The SMILES string of the molecule is COc1cc2c(=O)n(Cc3ccc(C(=O)NC(C)C)cc3)c(=O)n(CC(=O)Nc3ccc(F)cc3)c2cc1OC. The van der Waals surface area contributed by atoms with Crippen molar-refractivity contribution >= 4 is 28.4 Å². The highest BCUT2D eigenvalue weighted by Crippen LogP contribution is 2.30. The maximum Gasteiger partial charge on any atom is 0.332 e. The molecule has 0 unspecified atom stereocenters. The number of anilines is 1. The van der Waals surface area contributed by atoms with Gasteiger partial charge in [0.1, 0.15) is 12.4 Å². The van der Waals surface area contributed by atoms with Gasteiger partial charge in [0.15, 0.2) is 11.5 Å². The number of ether oxygens (including phenoxy) is 2. The van der Waals surface area contributed by atoms with Crippen LogP contribution >= 0.6 is 0 Å². The zero-order valence-corrected chi connectivity index (χ0v) is 22.5. The fraction of sp³-hybridized carbons (Fsp3) is 0.241. The largest absolute Gasteiger partial charge is 0.493 e. The minimum Gasteiger partial charge on any atom is -0.493 e. The summed E-state index contributed by atoms with van der Waals surface area (Å²) in [5, 5.41) is 5.57. The van der Waals surface area contributed by atoms with Crippen molar-refractivity contribution in [3.63, 3.8) is 0 Å². The van der Waals surface area contributed by atoms with Crippen LogP contribution in [0.2, 0.25) is 0 Å². The summed E-state index contributed by atoms with van der Waals surface area (Å²) in [6.07, 6.45) is 0. The highest BCUT2D eigenvalue weighted by atomic mass is 19.1. The number of hydrogen-bond acceptors (Lipinski definition) is 6. The van der Waals surface area contributed by atoms with Gasteiger partial charge in [0.05, 0.1) is 31.7 Å². The molecule has 0 spiro atoms. The summed E-state index contributed by atoms with van der Waals surface area (Å²) in [4.78, 5) is 52.4. The molecule has 0 aliphatic heterocycles. The Morgan fingerprint density at radius 3 is 2.12 bits per heavy atom. The van der Waals surface area contributed by atoms with Crippen molar-refractivity contribution in [2.24, 2.45) is 0 Å². The average molecular weight is 549 g/mol. The second-order valence-corrected chi connectivity index (χ2v) is 9.36. The van der Waals surface area contributed by atoms with Crippen LogP contribution < -0.4 is 31.4 Å². The second kappa shape index (κ2) is 11.9. The number of aromatic nitrogens is 2. The van der Waals surface area contributed by atoms with Crippen molar-refractivity contribution in [3.8, 4) is 11.5 Å². The van der Waals surface area contributed by atoms with E-state index in [4.69, 9.17) is 9.47 Å². The fourth-order valence-electron chi connectivity index (χ4n) is 4.20. The number of benzene rings is 3. The third-order valence-corrected chi connectivity index (χ3v) is 6.14. The van der Waals surface area contributed by atoms with Crippen LogP contribution in [0.4, 0.5) is 10.1 Å². The summed E-state index contributed by atoms with van der Waals surface area (Å²) in [5.41, 5.74) is 0.257. The lowest BCUT2D eigenvalue weighted by Crippen LogP contribution is -2.42. The Hall–Kier alpha value is -4.93. The number of carbonyl (C=O) groups excluding carboxylic acids is 2. The van der Waals surface area contributed by atoms with Crippen molar-refractivity contribution in [1.82, 2.24) is 14.5 Å². The molecule has 0 radical (unpaired) electrons. The van der Waals surface area contributed by atoms with Gasteiger partial charge in [-0.3, -0.25) is 23.5 Å². The molecule has 40 heavy (non-hydrogen) atoms. The zero-order chi connectivity index (χ0) is 29.0. The van der Waals surface area contributed by atoms with Gasteiger partial charge in [-0.25, -0.2) is 9.18 Å². The molecule has 11 heteroatoms. The van der Waals surface area contributed by atoms with E-state index in [1.807, 2.05) is 13.8 Å². The van der Waals surface area contributed by atoms with Gasteiger partial charge in [-0.1, -0.05) is 12.1 Å². The molecule has 208 valence electrons. The normalized spacial score (nSPS) is 10.9. The van der Waals surface area contributed by atoms with Crippen LogP contribution in [0.25, 0.3) is 10.9 Å². The topological polar surface area (TPSA) is 121 Å². The van der Waals surface area contributed by atoms with Crippen LogP contribution in [0.1, 0.15) is 29.8 Å². The number of halogens is 1. The minimum atomic E-state index is -0.722. The monoisotopic (exact) mass is 548 g/mol. The molecule has 0 bridgehead atoms. The Bertz CT molecular complexity index is 1680. The standard InChI is InChI=1S/C29H29FN4O6/c1-17(2)31-27(36)19-7-5-18(6-8-19)15-34-28(37)22-13-24(39-3)25(40-4)14-23(22)33(29(34)38)16-26(35)32-21-11-9-20(30)10-12-21/h5-14,17H,15-16H2,1-4H3,(H,31,36)(H,32,35). The van der Waals surface area contributed by atoms with Gasteiger partial charge in [0, 0.05) is 23.4 Å². The molecule has 0 aliphatic rings. The van der Waals surface area contributed by atoms with Gasteiger partial charge in [-0.05, 0) is 61.9 Å². The first kappa shape index (κ1) is 28.1. The highest BCUT2D eigenvalue weighted by molar-refractivity contribution is 5.94. The van der Waals surface area contributed by atoms with Gasteiger partial charge in [0.25, 0.3) is 11.5 Å². The summed E-state index contributed by atoms with van der Waals surface area (Å²) >= 11 is 0. The van der Waals surface area contributed by atoms with Crippen molar-refractivity contribution < 1.29 is 23.5 Å². The van der Waals surface area contributed by atoms with E-state index < -0.39 is 29.5 Å². The molecule has 2 amide bonds. The Labute approximate surface area is 229 Å². The number of rotatable bonds is 9. The van der Waals surface area contributed by atoms with Crippen LogP contribution in [0.15, 0.2) is 70.3 Å². The lowest BCUT2D eigenvalue weighted by molar-refractivity contribution is -0.116. The van der Waals surface area contributed by atoms with Crippen LogP contribution in [0.5, 0.6) is 11.5 Å². The van der Waals surface area contributed by atoms with E-state index in [0.29, 0.717) is 16.8 Å². The fourth-order valence-corrected chi connectivity index (χ4v) is 4.20. The number of fused-ring (bicyclic) bond motifs is 1. The number of hydrogen-bond donors (Lipinski definition) is 2. The van der Waals surface area contributed by atoms with E-state index in [9.17, 15) is 23.6 Å². The third kappa shape index (κ3) is 6.04. The number of carbonyl (C=O) groups is 2. The maximum absolute atomic E-state index is 13.7. The molecular weight excluding hydrogens is 519 g/mol. The molecule has 0 saturated carbocycles. The van der Waals surface area contributed by atoms with Crippen molar-refractivity contribution in [2.45, 2.75) is 33.0 Å². The summed E-state index contributed by atoms with van der Waals surface area (Å²) in [7, 11) is 2.84. The average Bonchev–Trinajstić information content (AvgIpc) is 2.93. The van der Waals surface area contributed by atoms with Crippen LogP contribution in [-0.2, 0) is 17.9 Å². The molecule has 0 fully saturated rings. The Morgan fingerprint density at radius 1 is 0.900 bits per heavy atom. The van der Waals surface area contributed by atoms with Gasteiger partial charge < -0.3 is 20.1 Å². The van der Waals surface area contributed by atoms with Crippen LogP contribution in [0.3, 0.4) is 0 Å². The highest BCUT2D eigenvalue weighted by Gasteiger charge is 2.19. The summed E-state index contributed by atoms with van der Waals surface area (Å²) < 4.78 is 26.2. The summed E-state index contributed by atoms with van der Waals surface area (Å²) in [6.45, 7) is 3.17. The first-order chi connectivity index (χ1) is 19.1. The molecule has 10 nitrogen and oxygen atoms in total. The first-order valence-corrected chi connectivity index (χ1v) is 12.5. The predicted octanol–water partition coefficient (Wildman–Crippen LogP) is 3.14. The summed E-state index contributed by atoms with van der Waals surface area (Å²) in [5.74, 6) is -0.702. The molecular formula is C29H29FN4O6. The number of amides is 2. The molecule has 2 N–H and O–H groups in total. The molecule has 1 aromatic heterocycles. The Balaban J connectivity index is 1.77. The molecule has 0 atom stereocenters. The molecule has 3 aromatic carbocycles. The predicted molar refractivity (Wildman–Crippen MR) is 149 cm³/mol. The van der Waals surface area contributed by atoms with E-state index in [2.05, 4.69) is 10.6 Å². The lowest BCUT2D eigenvalue weighted by atomic mass is 10.1. The second-order valence-electron chi connectivity index (χ2n) is 9.36. The first-order valence-electron chi connectivity index (χ1n) is 12.5. The lowest BCUT2D eigenvalue weighted by Gasteiger charge is -2.16. The molecule has 4 aromatic rings. The number of nitrogens with one attached hydrogen (secondary N) is 2. The quantitative estimate of drug-likeness (QED) is 0.332. The zero-order valence-electron chi connectivity index (χ0n) is 22.5. The van der Waals surface area contributed by atoms with Crippen LogP contribution in [0, 0.1) is 5.82 Å². The minimum absolute atomic E-state index is 0.0299. The van der Waals surface area contributed by atoms with E-state index >= 15 is 0 Å². The van der Waals surface area contributed by atoms with Crippen LogP contribution in [-0.4, -0.2) is 41.2 Å². The molecule has 4 rings (SSSR count). The van der Waals surface area contributed by atoms with E-state index in [0.717, 1.165) is 4.57 Å². The third-order valence-electron chi connectivity index (χ3n) is 6.14. The maximum atomic E-state index is 13.7. The van der Waals surface area contributed by atoms with E-state index in [1.54, 1.807) is 24.3 Å². The Kier molecular flexibility index (Phi) is 8.32. The van der Waals surface area contributed by atoms with E-state index in [-0.39, 0.29) is 40.9 Å².